The van der Waals surface area contributed by atoms with E-state index in [1.54, 1.807) is 11.9 Å². The zero-order valence-corrected chi connectivity index (χ0v) is 18.3. The van der Waals surface area contributed by atoms with Crippen LogP contribution >= 0.6 is 23.4 Å². The maximum Gasteiger partial charge on any atom is 0.233 e. The number of halogens is 1. The van der Waals surface area contributed by atoms with Gasteiger partial charge in [-0.2, -0.15) is 0 Å². The number of nitrogens with zero attached hydrogens (tertiary/aromatic N) is 4. The molecule has 8 heteroatoms. The van der Waals surface area contributed by atoms with Crippen LogP contribution in [0.25, 0.3) is 11.3 Å². The Labute approximate surface area is 184 Å². The van der Waals surface area contributed by atoms with Gasteiger partial charge in [0, 0.05) is 29.6 Å². The van der Waals surface area contributed by atoms with E-state index in [1.165, 1.54) is 37.4 Å². The number of amides is 1. The standard InChI is InChI=1S/C22H23ClN4O2S/c1-26(12-18-10-11-19(29-18)14-4-6-16(23)7-5-14)20(28)13-30-22-25-24-21(15-2-3-15)27(22)17-8-9-17/h4-7,10-11,15,17H,2-3,8-9,12-13H2,1H3. The minimum atomic E-state index is 0.0442. The molecular formula is C22H23ClN4O2S. The van der Waals surface area contributed by atoms with Gasteiger partial charge >= 0.3 is 0 Å². The van der Waals surface area contributed by atoms with Crippen molar-refractivity contribution in [3.05, 3.63) is 53.0 Å². The van der Waals surface area contributed by atoms with Gasteiger partial charge in [-0.15, -0.1) is 10.2 Å². The molecule has 1 aromatic carbocycles. The lowest BCUT2D eigenvalue weighted by Crippen LogP contribution is -2.27. The molecule has 0 atom stereocenters. The highest BCUT2D eigenvalue weighted by atomic mass is 35.5. The zero-order chi connectivity index (χ0) is 20.7. The second-order valence-corrected chi connectivity index (χ2v) is 9.41. The van der Waals surface area contributed by atoms with Gasteiger partial charge in [0.05, 0.1) is 12.3 Å². The highest BCUT2D eigenvalue weighted by Crippen LogP contribution is 2.46. The van der Waals surface area contributed by atoms with Crippen LogP contribution in [0.3, 0.4) is 0 Å². The number of hydrogen-bond donors (Lipinski definition) is 0. The quantitative estimate of drug-likeness (QED) is 0.451. The first-order chi connectivity index (χ1) is 14.6. The Morgan fingerprint density at radius 1 is 1.17 bits per heavy atom. The summed E-state index contributed by atoms with van der Waals surface area (Å²) in [5.41, 5.74) is 0.959. The lowest BCUT2D eigenvalue weighted by Gasteiger charge is -2.15. The fraction of sp³-hybridized carbons (Fsp3) is 0.409. The number of benzene rings is 1. The predicted octanol–water partition coefficient (Wildman–Crippen LogP) is 5.15. The molecular weight excluding hydrogens is 420 g/mol. The Bertz CT molecular complexity index is 1050. The number of furan rings is 1. The van der Waals surface area contributed by atoms with E-state index < -0.39 is 0 Å². The molecule has 2 aliphatic carbocycles. The maximum atomic E-state index is 12.7. The second kappa shape index (κ2) is 8.12. The molecule has 2 fully saturated rings. The first kappa shape index (κ1) is 19.7. The van der Waals surface area contributed by atoms with Crippen LogP contribution in [0.5, 0.6) is 0 Å². The van der Waals surface area contributed by atoms with Crippen molar-refractivity contribution in [1.82, 2.24) is 19.7 Å². The van der Waals surface area contributed by atoms with E-state index >= 15 is 0 Å². The summed E-state index contributed by atoms with van der Waals surface area (Å²) in [5.74, 6) is 3.59. The third-order valence-corrected chi connectivity index (χ3v) is 6.66. The molecule has 0 unspecified atom stereocenters. The summed E-state index contributed by atoms with van der Waals surface area (Å²) < 4.78 is 8.20. The third kappa shape index (κ3) is 4.27. The Balaban J connectivity index is 1.19. The number of thioether (sulfide) groups is 1. The number of aromatic nitrogens is 3. The van der Waals surface area contributed by atoms with Gasteiger partial charge in [-0.05, 0) is 62.1 Å². The zero-order valence-electron chi connectivity index (χ0n) is 16.8. The molecule has 0 saturated heterocycles. The van der Waals surface area contributed by atoms with Gasteiger partial charge < -0.3 is 13.9 Å². The van der Waals surface area contributed by atoms with E-state index in [0.717, 1.165) is 28.1 Å². The molecule has 6 nitrogen and oxygen atoms in total. The van der Waals surface area contributed by atoms with Crippen molar-refractivity contribution in [3.8, 4) is 11.3 Å². The summed E-state index contributed by atoms with van der Waals surface area (Å²) >= 11 is 7.43. The molecule has 3 aromatic rings. The molecule has 0 bridgehead atoms. The van der Waals surface area contributed by atoms with Gasteiger partial charge in [-0.3, -0.25) is 4.79 Å². The average Bonchev–Trinajstić information content (AvgIpc) is 3.68. The van der Waals surface area contributed by atoms with Crippen molar-refractivity contribution in [2.24, 2.45) is 0 Å². The first-order valence-electron chi connectivity index (χ1n) is 10.2. The molecule has 2 aliphatic rings. The molecule has 30 heavy (non-hydrogen) atoms. The van der Waals surface area contributed by atoms with Crippen LogP contribution in [0.2, 0.25) is 5.02 Å². The summed E-state index contributed by atoms with van der Waals surface area (Å²) in [4.78, 5) is 14.4. The van der Waals surface area contributed by atoms with Crippen LogP contribution in [0, 0.1) is 0 Å². The van der Waals surface area contributed by atoms with Crippen molar-refractivity contribution in [2.45, 2.75) is 49.3 Å². The fourth-order valence-electron chi connectivity index (χ4n) is 3.47. The summed E-state index contributed by atoms with van der Waals surface area (Å²) in [5, 5.41) is 10.4. The predicted molar refractivity (Wildman–Crippen MR) is 117 cm³/mol. The van der Waals surface area contributed by atoms with Gasteiger partial charge in [-0.25, -0.2) is 0 Å². The van der Waals surface area contributed by atoms with Gasteiger partial charge in [-0.1, -0.05) is 23.4 Å². The molecule has 156 valence electrons. The normalized spacial score (nSPS) is 16.1. The van der Waals surface area contributed by atoms with Gasteiger partial charge in [0.25, 0.3) is 0 Å². The van der Waals surface area contributed by atoms with Crippen molar-refractivity contribution < 1.29 is 9.21 Å². The van der Waals surface area contributed by atoms with E-state index in [4.69, 9.17) is 16.0 Å². The molecule has 0 aliphatic heterocycles. The van der Waals surface area contributed by atoms with E-state index in [1.807, 2.05) is 36.4 Å². The van der Waals surface area contributed by atoms with Crippen molar-refractivity contribution in [1.29, 1.82) is 0 Å². The molecule has 2 aromatic heterocycles. The molecule has 2 saturated carbocycles. The Morgan fingerprint density at radius 3 is 2.63 bits per heavy atom. The smallest absolute Gasteiger partial charge is 0.233 e. The number of carbonyl (C=O) groups is 1. The van der Waals surface area contributed by atoms with Crippen LogP contribution in [-0.2, 0) is 11.3 Å². The van der Waals surface area contributed by atoms with E-state index in [2.05, 4.69) is 14.8 Å². The molecule has 0 spiro atoms. The molecule has 1 amide bonds. The van der Waals surface area contributed by atoms with Gasteiger partial charge in [0.15, 0.2) is 5.16 Å². The van der Waals surface area contributed by atoms with Gasteiger partial charge in [0.1, 0.15) is 17.3 Å². The minimum Gasteiger partial charge on any atom is -0.459 e. The third-order valence-electron chi connectivity index (χ3n) is 5.48. The summed E-state index contributed by atoms with van der Waals surface area (Å²) in [6.45, 7) is 0.426. The van der Waals surface area contributed by atoms with Crippen LogP contribution in [0.4, 0.5) is 0 Å². The van der Waals surface area contributed by atoms with E-state index in [0.29, 0.717) is 29.3 Å². The molecule has 0 radical (unpaired) electrons. The Hall–Kier alpha value is -2.25. The summed E-state index contributed by atoms with van der Waals surface area (Å²) in [7, 11) is 1.80. The van der Waals surface area contributed by atoms with Crippen LogP contribution < -0.4 is 0 Å². The van der Waals surface area contributed by atoms with Crippen molar-refractivity contribution >= 4 is 29.3 Å². The highest BCUT2D eigenvalue weighted by molar-refractivity contribution is 7.99. The lowest BCUT2D eigenvalue weighted by molar-refractivity contribution is -0.127. The molecule has 5 rings (SSSR count). The first-order valence-corrected chi connectivity index (χ1v) is 11.6. The summed E-state index contributed by atoms with van der Waals surface area (Å²) in [6.07, 6.45) is 4.79. The fourth-order valence-corrected chi connectivity index (χ4v) is 4.55. The summed E-state index contributed by atoms with van der Waals surface area (Å²) in [6, 6.07) is 11.9. The Morgan fingerprint density at radius 2 is 1.93 bits per heavy atom. The molecule has 2 heterocycles. The SMILES string of the molecule is CN(Cc1ccc(-c2ccc(Cl)cc2)o1)C(=O)CSc1nnc(C2CC2)n1C1CC1. The second-order valence-electron chi connectivity index (χ2n) is 8.03. The largest absolute Gasteiger partial charge is 0.459 e. The van der Waals surface area contributed by atoms with Crippen LogP contribution in [0.1, 0.15) is 49.2 Å². The number of rotatable bonds is 8. The van der Waals surface area contributed by atoms with Crippen molar-refractivity contribution in [2.75, 3.05) is 12.8 Å². The number of carbonyl (C=O) groups excluding carboxylic acids is 1. The van der Waals surface area contributed by atoms with E-state index in [9.17, 15) is 4.79 Å². The minimum absolute atomic E-state index is 0.0442. The Kier molecular flexibility index (Phi) is 5.33. The van der Waals surface area contributed by atoms with Gasteiger partial charge in [0.2, 0.25) is 5.91 Å². The van der Waals surface area contributed by atoms with Crippen LogP contribution in [-0.4, -0.2) is 38.4 Å². The lowest BCUT2D eigenvalue weighted by atomic mass is 10.2. The maximum absolute atomic E-state index is 12.7. The molecule has 0 N–H and O–H groups in total. The highest BCUT2D eigenvalue weighted by Gasteiger charge is 2.36. The monoisotopic (exact) mass is 442 g/mol. The van der Waals surface area contributed by atoms with E-state index in [-0.39, 0.29) is 5.91 Å². The van der Waals surface area contributed by atoms with Crippen molar-refractivity contribution in [3.63, 3.8) is 0 Å². The topological polar surface area (TPSA) is 64.2 Å². The van der Waals surface area contributed by atoms with Crippen LogP contribution in [0.15, 0.2) is 46.0 Å². The average molecular weight is 443 g/mol. The number of hydrogen-bond acceptors (Lipinski definition) is 5.